The molecule has 6 nitrogen and oxygen atoms in total. The number of carbonyl (C=O) groups excluding carboxylic acids is 1. The smallest absolute Gasteiger partial charge is 0.339 e. The molecule has 1 aromatic heterocycles. The normalized spacial score (nSPS) is 10.4. The number of benzene rings is 2. The number of unbranched alkanes of at least 4 members (excludes halogenated alkanes) is 1. The van der Waals surface area contributed by atoms with Crippen molar-refractivity contribution in [2.24, 2.45) is 0 Å². The van der Waals surface area contributed by atoms with E-state index in [-0.39, 0.29) is 11.5 Å². The van der Waals surface area contributed by atoms with Gasteiger partial charge in [0.2, 0.25) is 0 Å². The van der Waals surface area contributed by atoms with E-state index in [0.717, 1.165) is 18.4 Å². The molecular weight excluding hydrogens is 378 g/mol. The van der Waals surface area contributed by atoms with Gasteiger partial charge in [-0.3, -0.25) is 4.79 Å². The molecule has 0 aliphatic heterocycles. The SMILES string of the molecule is CCCCN(Cc1ccccc1)c1ncc(NC(=O)c2ccccc2)cc1C(=O)O. The molecule has 0 spiro atoms. The molecular formula is C24H25N3O3. The molecule has 6 heteroatoms. The quantitative estimate of drug-likeness (QED) is 0.534. The molecule has 30 heavy (non-hydrogen) atoms. The molecule has 1 amide bonds. The van der Waals surface area contributed by atoms with E-state index in [1.54, 1.807) is 24.3 Å². The maximum absolute atomic E-state index is 12.4. The molecule has 0 aliphatic carbocycles. The van der Waals surface area contributed by atoms with E-state index in [1.165, 1.54) is 12.3 Å². The summed E-state index contributed by atoms with van der Waals surface area (Å²) in [6.07, 6.45) is 3.41. The molecule has 0 bridgehead atoms. The van der Waals surface area contributed by atoms with Gasteiger partial charge in [0.05, 0.1) is 11.9 Å². The van der Waals surface area contributed by atoms with Crippen LogP contribution in [0.3, 0.4) is 0 Å². The summed E-state index contributed by atoms with van der Waals surface area (Å²) in [5.41, 5.74) is 1.98. The molecule has 0 aliphatic rings. The maximum atomic E-state index is 12.4. The number of carboxylic acid groups (broad SMARTS) is 1. The number of nitrogens with one attached hydrogen (secondary N) is 1. The molecule has 2 aromatic carbocycles. The lowest BCUT2D eigenvalue weighted by Crippen LogP contribution is -2.27. The van der Waals surface area contributed by atoms with Crippen molar-refractivity contribution in [2.45, 2.75) is 26.3 Å². The Kier molecular flexibility index (Phi) is 7.16. The van der Waals surface area contributed by atoms with Gasteiger partial charge in [0.1, 0.15) is 11.4 Å². The standard InChI is InChI=1S/C24H25N3O3/c1-2-3-14-27(17-18-10-6-4-7-11-18)22-21(24(29)30)15-20(16-25-22)26-23(28)19-12-8-5-9-13-19/h4-13,15-16H,2-3,14,17H2,1H3,(H,26,28)(H,29,30). The van der Waals surface area contributed by atoms with Crippen LogP contribution in [-0.2, 0) is 6.54 Å². The van der Waals surface area contributed by atoms with Crippen LogP contribution in [0.15, 0.2) is 72.9 Å². The molecule has 0 unspecified atom stereocenters. The van der Waals surface area contributed by atoms with Crippen molar-refractivity contribution >= 4 is 23.4 Å². The minimum Gasteiger partial charge on any atom is -0.478 e. The van der Waals surface area contributed by atoms with Gasteiger partial charge in [-0.15, -0.1) is 0 Å². The van der Waals surface area contributed by atoms with Crippen molar-refractivity contribution in [1.82, 2.24) is 4.98 Å². The summed E-state index contributed by atoms with van der Waals surface area (Å²) < 4.78 is 0. The summed E-state index contributed by atoms with van der Waals surface area (Å²) >= 11 is 0. The van der Waals surface area contributed by atoms with Crippen molar-refractivity contribution in [3.8, 4) is 0 Å². The van der Waals surface area contributed by atoms with E-state index >= 15 is 0 Å². The lowest BCUT2D eigenvalue weighted by molar-refractivity contribution is 0.0696. The lowest BCUT2D eigenvalue weighted by Gasteiger charge is -2.25. The first-order chi connectivity index (χ1) is 14.6. The number of rotatable bonds is 9. The largest absolute Gasteiger partial charge is 0.478 e. The molecule has 0 saturated carbocycles. The number of carboxylic acids is 1. The van der Waals surface area contributed by atoms with Crippen LogP contribution in [0, 0.1) is 0 Å². The first kappa shape index (κ1) is 21.0. The van der Waals surface area contributed by atoms with Crippen molar-refractivity contribution in [2.75, 3.05) is 16.8 Å². The highest BCUT2D eigenvalue weighted by atomic mass is 16.4. The van der Waals surface area contributed by atoms with Crippen LogP contribution in [0.25, 0.3) is 0 Å². The number of hydrogen-bond donors (Lipinski definition) is 2. The van der Waals surface area contributed by atoms with E-state index in [0.29, 0.717) is 30.2 Å². The third-order valence-electron chi connectivity index (χ3n) is 4.69. The second-order valence-corrected chi connectivity index (χ2v) is 6.98. The first-order valence-corrected chi connectivity index (χ1v) is 9.97. The van der Waals surface area contributed by atoms with Crippen molar-refractivity contribution in [3.63, 3.8) is 0 Å². The van der Waals surface area contributed by atoms with E-state index in [4.69, 9.17) is 0 Å². The van der Waals surface area contributed by atoms with Crippen molar-refractivity contribution in [3.05, 3.63) is 89.6 Å². The topological polar surface area (TPSA) is 82.5 Å². The summed E-state index contributed by atoms with van der Waals surface area (Å²) in [7, 11) is 0. The molecule has 1 heterocycles. The highest BCUT2D eigenvalue weighted by molar-refractivity contribution is 6.05. The van der Waals surface area contributed by atoms with Gasteiger partial charge in [0.15, 0.2) is 0 Å². The summed E-state index contributed by atoms with van der Waals surface area (Å²) in [5, 5.41) is 12.5. The van der Waals surface area contributed by atoms with Crippen molar-refractivity contribution in [1.29, 1.82) is 0 Å². The van der Waals surface area contributed by atoms with Gasteiger partial charge in [0, 0.05) is 18.7 Å². The Labute approximate surface area is 176 Å². The minimum absolute atomic E-state index is 0.0629. The third kappa shape index (κ3) is 5.44. The van der Waals surface area contributed by atoms with E-state index < -0.39 is 5.97 Å². The number of aromatic nitrogens is 1. The molecule has 0 radical (unpaired) electrons. The van der Waals surface area contributed by atoms with Crippen LogP contribution in [0.5, 0.6) is 0 Å². The van der Waals surface area contributed by atoms with Gasteiger partial charge >= 0.3 is 5.97 Å². The predicted octanol–water partition coefficient (Wildman–Crippen LogP) is 4.84. The van der Waals surface area contributed by atoms with E-state index in [2.05, 4.69) is 17.2 Å². The van der Waals surface area contributed by atoms with Gasteiger partial charge in [0.25, 0.3) is 5.91 Å². The Bertz CT molecular complexity index is 991. The number of anilines is 2. The molecule has 0 atom stereocenters. The number of amides is 1. The Morgan fingerprint density at radius 2 is 1.70 bits per heavy atom. The molecule has 2 N–H and O–H groups in total. The zero-order chi connectivity index (χ0) is 21.3. The second kappa shape index (κ2) is 10.2. The lowest BCUT2D eigenvalue weighted by atomic mass is 10.1. The van der Waals surface area contributed by atoms with Gasteiger partial charge in [-0.1, -0.05) is 61.9 Å². The van der Waals surface area contributed by atoms with Crippen LogP contribution in [0.1, 0.15) is 46.0 Å². The summed E-state index contributed by atoms with van der Waals surface area (Å²) in [5.74, 6) is -0.992. The number of aromatic carboxylic acids is 1. The zero-order valence-electron chi connectivity index (χ0n) is 16.9. The Hall–Kier alpha value is -3.67. The molecule has 154 valence electrons. The average molecular weight is 403 g/mol. The molecule has 0 saturated heterocycles. The molecule has 3 aromatic rings. The Balaban J connectivity index is 1.88. The molecule has 3 rings (SSSR count). The minimum atomic E-state index is -1.08. The fourth-order valence-corrected chi connectivity index (χ4v) is 3.14. The first-order valence-electron chi connectivity index (χ1n) is 9.97. The van der Waals surface area contributed by atoms with Crippen LogP contribution in [0.2, 0.25) is 0 Å². The van der Waals surface area contributed by atoms with Crippen LogP contribution in [-0.4, -0.2) is 28.5 Å². The van der Waals surface area contributed by atoms with Gasteiger partial charge in [-0.05, 0) is 30.2 Å². The van der Waals surface area contributed by atoms with Gasteiger partial charge in [-0.25, -0.2) is 9.78 Å². The van der Waals surface area contributed by atoms with Gasteiger partial charge < -0.3 is 15.3 Å². The highest BCUT2D eigenvalue weighted by Gasteiger charge is 2.19. The predicted molar refractivity (Wildman–Crippen MR) is 118 cm³/mol. The Morgan fingerprint density at radius 3 is 2.33 bits per heavy atom. The van der Waals surface area contributed by atoms with Gasteiger partial charge in [-0.2, -0.15) is 0 Å². The zero-order valence-corrected chi connectivity index (χ0v) is 16.9. The fourth-order valence-electron chi connectivity index (χ4n) is 3.14. The van der Waals surface area contributed by atoms with Crippen LogP contribution < -0.4 is 10.2 Å². The average Bonchev–Trinajstić information content (AvgIpc) is 2.78. The highest BCUT2D eigenvalue weighted by Crippen LogP contribution is 2.24. The molecule has 0 fully saturated rings. The van der Waals surface area contributed by atoms with Crippen LogP contribution >= 0.6 is 0 Å². The third-order valence-corrected chi connectivity index (χ3v) is 4.69. The monoisotopic (exact) mass is 403 g/mol. The second-order valence-electron chi connectivity index (χ2n) is 6.98. The Morgan fingerprint density at radius 1 is 1.03 bits per heavy atom. The number of carbonyl (C=O) groups is 2. The van der Waals surface area contributed by atoms with Crippen molar-refractivity contribution < 1.29 is 14.7 Å². The van der Waals surface area contributed by atoms with E-state index in [1.807, 2.05) is 41.3 Å². The number of pyridine rings is 1. The fraction of sp³-hybridized carbons (Fsp3) is 0.208. The van der Waals surface area contributed by atoms with Crippen LogP contribution in [0.4, 0.5) is 11.5 Å². The number of nitrogens with zero attached hydrogens (tertiary/aromatic N) is 2. The summed E-state index contributed by atoms with van der Waals surface area (Å²) in [6, 6.07) is 20.1. The van der Waals surface area contributed by atoms with E-state index in [9.17, 15) is 14.7 Å². The summed E-state index contributed by atoms with van der Waals surface area (Å²) in [4.78, 5) is 30.8. The maximum Gasteiger partial charge on any atom is 0.339 e. The number of hydrogen-bond acceptors (Lipinski definition) is 4. The summed E-state index contributed by atoms with van der Waals surface area (Å²) in [6.45, 7) is 3.34.